The normalized spacial score (nSPS) is 14.2. The van der Waals surface area contributed by atoms with Crippen LogP contribution >= 0.6 is 11.3 Å². The summed E-state index contributed by atoms with van der Waals surface area (Å²) in [6, 6.07) is 8.64. The fourth-order valence-corrected chi connectivity index (χ4v) is 3.78. The van der Waals surface area contributed by atoms with Crippen LogP contribution in [0.15, 0.2) is 46.8 Å². The summed E-state index contributed by atoms with van der Waals surface area (Å²) in [6.07, 6.45) is 4.42. The molecule has 1 aromatic carbocycles. The molecule has 1 aromatic heterocycles. The molecule has 0 atom stereocenters. The third kappa shape index (κ3) is 5.57. The molecule has 0 unspecified atom stereocenters. The van der Waals surface area contributed by atoms with Crippen LogP contribution in [0, 0.1) is 0 Å². The Morgan fingerprint density at radius 1 is 1.26 bits per heavy atom. The summed E-state index contributed by atoms with van der Waals surface area (Å²) in [5.41, 5.74) is 3.63. The number of benzene rings is 1. The lowest BCUT2D eigenvalue weighted by Crippen LogP contribution is -2.36. The van der Waals surface area contributed by atoms with Crippen LogP contribution in [0.25, 0.3) is 0 Å². The number of nitrogens with one attached hydrogen (secondary N) is 2. The largest absolute Gasteiger partial charge is 0.364 e. The van der Waals surface area contributed by atoms with Gasteiger partial charge in [-0.1, -0.05) is 38.1 Å². The van der Waals surface area contributed by atoms with Gasteiger partial charge in [-0.2, -0.15) is 0 Å². The van der Waals surface area contributed by atoms with E-state index in [1.807, 2.05) is 0 Å². The number of aliphatic imine (C=N–C) groups is 1. The lowest BCUT2D eigenvalue weighted by atomic mass is 10.2. The van der Waals surface area contributed by atoms with Crippen molar-refractivity contribution in [3.05, 3.63) is 58.1 Å². The maximum Gasteiger partial charge on any atom is 0.191 e. The minimum atomic E-state index is 0.468. The van der Waals surface area contributed by atoms with E-state index in [-0.39, 0.29) is 0 Å². The first kappa shape index (κ1) is 19.4. The predicted molar refractivity (Wildman–Crippen MR) is 116 cm³/mol. The molecule has 27 heavy (non-hydrogen) atoms. The number of aromatic nitrogens is 1. The minimum Gasteiger partial charge on any atom is -0.364 e. The highest BCUT2D eigenvalue weighted by molar-refractivity contribution is 7.09. The van der Waals surface area contributed by atoms with Crippen molar-refractivity contribution in [3.8, 4) is 0 Å². The van der Waals surface area contributed by atoms with E-state index in [2.05, 4.69) is 83.1 Å². The molecule has 2 aromatic rings. The van der Waals surface area contributed by atoms with Crippen molar-refractivity contribution in [1.82, 2.24) is 15.6 Å². The van der Waals surface area contributed by atoms with Gasteiger partial charge in [0.1, 0.15) is 5.01 Å². The van der Waals surface area contributed by atoms with Crippen LogP contribution in [-0.4, -0.2) is 30.6 Å². The van der Waals surface area contributed by atoms with Crippen molar-refractivity contribution >= 4 is 23.0 Å². The summed E-state index contributed by atoms with van der Waals surface area (Å²) >= 11 is 1.70. The van der Waals surface area contributed by atoms with E-state index < -0.39 is 0 Å². The molecular formula is C21H29N5S. The van der Waals surface area contributed by atoms with Crippen molar-refractivity contribution in [1.29, 1.82) is 0 Å². The number of guanidine groups is 1. The van der Waals surface area contributed by atoms with Gasteiger partial charge in [0.05, 0.1) is 18.8 Å². The van der Waals surface area contributed by atoms with Crippen molar-refractivity contribution in [3.63, 3.8) is 0 Å². The van der Waals surface area contributed by atoms with E-state index in [0.717, 1.165) is 36.3 Å². The van der Waals surface area contributed by atoms with Crippen molar-refractivity contribution in [2.24, 2.45) is 4.99 Å². The quantitative estimate of drug-likeness (QED) is 0.433. The van der Waals surface area contributed by atoms with Crippen LogP contribution in [0.3, 0.4) is 0 Å². The third-order valence-electron chi connectivity index (χ3n) is 4.43. The Balaban J connectivity index is 1.60. The molecule has 3 rings (SSSR count). The maximum absolute atomic E-state index is 4.75. The Morgan fingerprint density at radius 3 is 2.78 bits per heavy atom. The highest BCUT2D eigenvalue weighted by Crippen LogP contribution is 2.19. The molecule has 0 aliphatic carbocycles. The molecule has 2 heterocycles. The zero-order chi connectivity index (χ0) is 19.1. The smallest absolute Gasteiger partial charge is 0.191 e. The molecule has 5 nitrogen and oxygen atoms in total. The minimum absolute atomic E-state index is 0.468. The number of hydrogen-bond acceptors (Lipinski definition) is 4. The average molecular weight is 384 g/mol. The van der Waals surface area contributed by atoms with Gasteiger partial charge < -0.3 is 15.5 Å². The van der Waals surface area contributed by atoms with E-state index in [1.165, 1.54) is 11.3 Å². The van der Waals surface area contributed by atoms with Crippen LogP contribution in [0.5, 0.6) is 0 Å². The second-order valence-corrected chi connectivity index (χ2v) is 7.86. The summed E-state index contributed by atoms with van der Waals surface area (Å²) in [6.45, 7) is 10.6. The zero-order valence-corrected chi connectivity index (χ0v) is 17.2. The number of anilines is 1. The van der Waals surface area contributed by atoms with Crippen molar-refractivity contribution in [2.45, 2.75) is 39.8 Å². The first-order valence-electron chi connectivity index (χ1n) is 9.61. The topological polar surface area (TPSA) is 52.6 Å². The molecule has 0 spiro atoms. The number of thiazole rings is 1. The van der Waals surface area contributed by atoms with Gasteiger partial charge in [0.2, 0.25) is 0 Å². The molecule has 0 saturated carbocycles. The first-order valence-corrected chi connectivity index (χ1v) is 10.5. The lowest BCUT2D eigenvalue weighted by Gasteiger charge is -2.18. The monoisotopic (exact) mass is 383 g/mol. The van der Waals surface area contributed by atoms with Gasteiger partial charge in [0.15, 0.2) is 5.96 Å². The highest BCUT2D eigenvalue weighted by Gasteiger charge is 2.08. The van der Waals surface area contributed by atoms with E-state index in [9.17, 15) is 0 Å². The van der Waals surface area contributed by atoms with Crippen molar-refractivity contribution in [2.75, 3.05) is 24.5 Å². The molecule has 0 radical (unpaired) electrons. The van der Waals surface area contributed by atoms with E-state index >= 15 is 0 Å². The Labute approximate surface area is 166 Å². The van der Waals surface area contributed by atoms with E-state index in [1.54, 1.807) is 11.3 Å². The number of hydrogen-bond donors (Lipinski definition) is 2. The fraction of sp³-hybridized carbons (Fsp3) is 0.429. The van der Waals surface area contributed by atoms with Crippen LogP contribution in [-0.2, 0) is 13.1 Å². The highest BCUT2D eigenvalue weighted by atomic mass is 32.1. The molecule has 0 bridgehead atoms. The summed E-state index contributed by atoms with van der Waals surface area (Å²) in [5.74, 6) is 1.29. The summed E-state index contributed by atoms with van der Waals surface area (Å²) < 4.78 is 0. The lowest BCUT2D eigenvalue weighted by molar-refractivity contribution is 0.788. The first-order chi connectivity index (χ1) is 13.2. The molecule has 1 aliphatic heterocycles. The summed E-state index contributed by atoms with van der Waals surface area (Å²) in [7, 11) is 0. The number of nitrogens with zero attached hydrogens (tertiary/aromatic N) is 3. The van der Waals surface area contributed by atoms with Gasteiger partial charge in [0, 0.05) is 30.7 Å². The SMILES string of the molecule is CCNC(=NCc1cccc(N2CC=CC2)c1)NCc1nc(C(C)C)cs1. The van der Waals surface area contributed by atoms with Crippen LogP contribution < -0.4 is 15.5 Å². The Bertz CT molecular complexity index is 785. The summed E-state index contributed by atoms with van der Waals surface area (Å²) in [5, 5.41) is 9.95. The molecule has 1 aliphatic rings. The number of rotatable bonds is 7. The fourth-order valence-electron chi connectivity index (χ4n) is 2.88. The van der Waals surface area contributed by atoms with E-state index in [4.69, 9.17) is 4.99 Å². The van der Waals surface area contributed by atoms with Gasteiger partial charge in [-0.05, 0) is 30.5 Å². The zero-order valence-electron chi connectivity index (χ0n) is 16.4. The average Bonchev–Trinajstić information content (AvgIpc) is 3.36. The molecule has 2 N–H and O–H groups in total. The molecule has 6 heteroatoms. The Morgan fingerprint density at radius 2 is 2.07 bits per heavy atom. The van der Waals surface area contributed by atoms with Gasteiger partial charge >= 0.3 is 0 Å². The van der Waals surface area contributed by atoms with Crippen LogP contribution in [0.1, 0.15) is 43.0 Å². The third-order valence-corrected chi connectivity index (χ3v) is 5.29. The second kappa shape index (κ2) is 9.55. The molecule has 0 amide bonds. The van der Waals surface area contributed by atoms with Gasteiger partial charge in [-0.3, -0.25) is 0 Å². The predicted octanol–water partition coefficient (Wildman–Crippen LogP) is 3.90. The molecular weight excluding hydrogens is 354 g/mol. The van der Waals surface area contributed by atoms with Gasteiger partial charge in [-0.15, -0.1) is 11.3 Å². The molecule has 144 valence electrons. The van der Waals surface area contributed by atoms with Crippen LogP contribution in [0.2, 0.25) is 0 Å². The van der Waals surface area contributed by atoms with Crippen molar-refractivity contribution < 1.29 is 0 Å². The Hall–Kier alpha value is -2.34. The standard InChI is InChI=1S/C21H29N5S/c1-4-22-21(24-14-20-25-19(15-27-20)16(2)3)23-13-17-8-7-9-18(12-17)26-10-5-6-11-26/h5-9,12,15-16H,4,10-11,13-14H2,1-3H3,(H2,22,23,24). The van der Waals surface area contributed by atoms with Gasteiger partial charge in [0.25, 0.3) is 0 Å². The van der Waals surface area contributed by atoms with E-state index in [0.29, 0.717) is 19.0 Å². The molecule has 0 fully saturated rings. The summed E-state index contributed by atoms with van der Waals surface area (Å²) in [4.78, 5) is 11.8. The second-order valence-electron chi connectivity index (χ2n) is 6.92. The van der Waals surface area contributed by atoms with Crippen LogP contribution in [0.4, 0.5) is 5.69 Å². The Kier molecular flexibility index (Phi) is 6.87. The van der Waals surface area contributed by atoms with Gasteiger partial charge in [-0.25, -0.2) is 9.98 Å². The maximum atomic E-state index is 4.75. The molecule has 0 saturated heterocycles.